The number of carbonyl (C=O) groups excluding carboxylic acids is 1. The van der Waals surface area contributed by atoms with E-state index < -0.39 is 30.0 Å². The molecule has 160 valence electrons. The van der Waals surface area contributed by atoms with Crippen LogP contribution in [0.25, 0.3) is 0 Å². The summed E-state index contributed by atoms with van der Waals surface area (Å²) in [6.45, 7) is 8.32. The fraction of sp³-hybridized carbons (Fsp3) is 0.476. The number of anilines is 1. The Morgan fingerprint density at radius 1 is 1.26 bits per heavy atom. The summed E-state index contributed by atoms with van der Waals surface area (Å²) in [7, 11) is -0.573. The molecular formula is C21H23BN4O5. The van der Waals surface area contributed by atoms with E-state index in [4.69, 9.17) is 25.2 Å². The van der Waals surface area contributed by atoms with Crippen molar-refractivity contribution >= 4 is 24.4 Å². The third kappa shape index (κ3) is 3.07. The highest BCUT2D eigenvalue weighted by molar-refractivity contribution is 6.62. The Balaban J connectivity index is 1.41. The van der Waals surface area contributed by atoms with Crippen molar-refractivity contribution in [1.29, 1.82) is 0 Å². The summed E-state index contributed by atoms with van der Waals surface area (Å²) in [6.07, 6.45) is 11.2. The Hall–Kier alpha value is -3.03. The molecule has 1 aliphatic carbocycles. The second kappa shape index (κ2) is 6.49. The average molecular weight is 422 g/mol. The first-order valence-corrected chi connectivity index (χ1v) is 10.1. The van der Waals surface area contributed by atoms with Gasteiger partial charge in [0.25, 0.3) is 0 Å². The van der Waals surface area contributed by atoms with Crippen LogP contribution in [0.2, 0.25) is 0 Å². The molecule has 0 N–H and O–H groups in total. The molecule has 3 heterocycles. The Morgan fingerprint density at radius 2 is 2.00 bits per heavy atom. The van der Waals surface area contributed by atoms with Gasteiger partial charge in [0, 0.05) is 12.6 Å². The first-order valence-electron chi connectivity index (χ1n) is 10.1. The SMILES string of the molecule is C#COc1cc(B2OC(C)(C)C(C)(C)O2)ccc1N1CC2(C[C@@H]2n2ccnn2)OC1=O. The van der Waals surface area contributed by atoms with Gasteiger partial charge < -0.3 is 18.8 Å². The van der Waals surface area contributed by atoms with E-state index in [9.17, 15) is 4.79 Å². The maximum absolute atomic E-state index is 12.7. The van der Waals surface area contributed by atoms with E-state index in [1.54, 1.807) is 29.2 Å². The zero-order valence-electron chi connectivity index (χ0n) is 17.9. The van der Waals surface area contributed by atoms with Crippen molar-refractivity contribution in [3.63, 3.8) is 0 Å². The number of aromatic nitrogens is 3. The maximum Gasteiger partial charge on any atom is 0.494 e. The number of rotatable bonds is 4. The third-order valence-corrected chi connectivity index (χ3v) is 6.65. The van der Waals surface area contributed by atoms with Gasteiger partial charge in [-0.3, -0.25) is 4.90 Å². The van der Waals surface area contributed by atoms with Gasteiger partial charge in [0.15, 0.2) is 11.4 Å². The van der Waals surface area contributed by atoms with E-state index >= 15 is 0 Å². The van der Waals surface area contributed by atoms with Crippen molar-refractivity contribution in [2.45, 2.75) is 57.0 Å². The molecule has 1 saturated carbocycles. The normalized spacial score (nSPS) is 28.0. The summed E-state index contributed by atoms with van der Waals surface area (Å²) in [4.78, 5) is 14.3. The highest BCUT2D eigenvalue weighted by Crippen LogP contribution is 2.55. The number of terminal acetylenes is 1. The van der Waals surface area contributed by atoms with Crippen molar-refractivity contribution in [2.75, 3.05) is 11.4 Å². The lowest BCUT2D eigenvalue weighted by Gasteiger charge is -2.32. The number of carbonyl (C=O) groups is 1. The number of nitrogens with zero attached hydrogens (tertiary/aromatic N) is 4. The fourth-order valence-electron chi connectivity index (χ4n) is 4.07. The largest absolute Gasteiger partial charge is 0.494 e. The Morgan fingerprint density at radius 3 is 2.65 bits per heavy atom. The second-order valence-electron chi connectivity index (χ2n) is 9.16. The van der Waals surface area contributed by atoms with Gasteiger partial charge in [0.05, 0.1) is 35.7 Å². The van der Waals surface area contributed by atoms with Gasteiger partial charge in [-0.1, -0.05) is 17.7 Å². The fourth-order valence-corrected chi connectivity index (χ4v) is 4.07. The molecule has 1 unspecified atom stereocenters. The number of hydrogen-bond donors (Lipinski definition) is 0. The Bertz CT molecular complexity index is 1060. The van der Waals surface area contributed by atoms with Gasteiger partial charge in [-0.05, 0) is 45.3 Å². The molecule has 2 aliphatic heterocycles. The van der Waals surface area contributed by atoms with E-state index in [0.717, 1.165) is 5.46 Å². The van der Waals surface area contributed by atoms with E-state index in [1.165, 1.54) is 4.90 Å². The topological polar surface area (TPSA) is 87.9 Å². The van der Waals surface area contributed by atoms with E-state index in [-0.39, 0.29) is 6.04 Å². The van der Waals surface area contributed by atoms with Crippen molar-refractivity contribution in [3.05, 3.63) is 30.6 Å². The van der Waals surface area contributed by atoms with Crippen LogP contribution in [0.15, 0.2) is 30.6 Å². The van der Waals surface area contributed by atoms with Crippen LogP contribution in [0.1, 0.15) is 40.2 Å². The van der Waals surface area contributed by atoms with Gasteiger partial charge in [-0.15, -0.1) is 5.10 Å². The number of benzene rings is 1. The van der Waals surface area contributed by atoms with Gasteiger partial charge in [0.2, 0.25) is 0 Å². The lowest BCUT2D eigenvalue weighted by Crippen LogP contribution is -2.41. The van der Waals surface area contributed by atoms with Crippen LogP contribution in [-0.4, -0.2) is 51.6 Å². The standard InChI is InChI=1S/C21H23BN4O5/c1-6-28-16-11-14(22-30-19(2,3)20(4,5)31-22)7-8-15(16)25-13-21(29-18(25)27)12-17(21)26-10-9-23-24-26/h1,7-11,17H,12-13H2,2-5H3/t17-,21?/m0/s1. The van der Waals surface area contributed by atoms with Gasteiger partial charge in [-0.2, -0.15) is 0 Å². The van der Waals surface area contributed by atoms with Crippen molar-refractivity contribution in [2.24, 2.45) is 0 Å². The third-order valence-electron chi connectivity index (χ3n) is 6.65. The summed E-state index contributed by atoms with van der Waals surface area (Å²) >= 11 is 0. The molecule has 1 aromatic heterocycles. The molecule has 5 rings (SSSR count). The summed E-state index contributed by atoms with van der Waals surface area (Å²) in [5.74, 6) is 0.363. The van der Waals surface area contributed by atoms with Crippen LogP contribution < -0.4 is 15.1 Å². The zero-order chi connectivity index (χ0) is 22.0. The number of ether oxygens (including phenoxy) is 2. The molecular weight excluding hydrogens is 399 g/mol. The summed E-state index contributed by atoms with van der Waals surface area (Å²) < 4.78 is 25.1. The monoisotopic (exact) mass is 422 g/mol. The van der Waals surface area contributed by atoms with Crippen molar-refractivity contribution in [3.8, 4) is 18.3 Å². The maximum atomic E-state index is 12.7. The van der Waals surface area contributed by atoms with Crippen LogP contribution in [0.5, 0.6) is 5.75 Å². The van der Waals surface area contributed by atoms with Crippen LogP contribution in [0.4, 0.5) is 10.5 Å². The van der Waals surface area contributed by atoms with Crippen molar-refractivity contribution in [1.82, 2.24) is 15.0 Å². The zero-order valence-corrected chi connectivity index (χ0v) is 17.9. The number of amides is 1. The quantitative estimate of drug-likeness (QED) is 0.549. The molecule has 0 radical (unpaired) electrons. The molecule has 1 amide bonds. The molecule has 3 fully saturated rings. The Kier molecular flexibility index (Phi) is 4.17. The first-order chi connectivity index (χ1) is 14.7. The summed E-state index contributed by atoms with van der Waals surface area (Å²) in [6, 6.07) is 5.34. The predicted molar refractivity (Wildman–Crippen MR) is 112 cm³/mol. The molecule has 1 spiro atoms. The molecule has 0 bridgehead atoms. The molecule has 2 atom stereocenters. The molecule has 31 heavy (non-hydrogen) atoms. The average Bonchev–Trinajstić information content (AvgIpc) is 3.01. The van der Waals surface area contributed by atoms with E-state index in [1.807, 2.05) is 33.8 Å². The van der Waals surface area contributed by atoms with Crippen LogP contribution in [-0.2, 0) is 14.0 Å². The molecule has 2 saturated heterocycles. The molecule has 2 aromatic rings. The van der Waals surface area contributed by atoms with Crippen LogP contribution >= 0.6 is 0 Å². The molecule has 9 nitrogen and oxygen atoms in total. The van der Waals surface area contributed by atoms with Crippen LogP contribution in [0, 0.1) is 12.5 Å². The lowest BCUT2D eigenvalue weighted by atomic mass is 9.79. The minimum Gasteiger partial charge on any atom is -0.438 e. The summed E-state index contributed by atoms with van der Waals surface area (Å²) in [5, 5.41) is 7.86. The predicted octanol–water partition coefficient (Wildman–Crippen LogP) is 1.89. The smallest absolute Gasteiger partial charge is 0.438 e. The van der Waals surface area contributed by atoms with Gasteiger partial charge in [0.1, 0.15) is 6.11 Å². The molecule has 3 aliphatic rings. The Labute approximate surface area is 180 Å². The highest BCUT2D eigenvalue weighted by atomic mass is 16.7. The highest BCUT2D eigenvalue weighted by Gasteiger charge is 2.65. The lowest BCUT2D eigenvalue weighted by molar-refractivity contribution is 0.00578. The van der Waals surface area contributed by atoms with Gasteiger partial charge in [-0.25, -0.2) is 9.48 Å². The van der Waals surface area contributed by atoms with Gasteiger partial charge >= 0.3 is 13.2 Å². The second-order valence-corrected chi connectivity index (χ2v) is 9.16. The van der Waals surface area contributed by atoms with Crippen molar-refractivity contribution < 1.29 is 23.6 Å². The molecule has 1 aromatic carbocycles. The minimum absolute atomic E-state index is 0.0371. The summed E-state index contributed by atoms with van der Waals surface area (Å²) in [5.41, 5.74) is -0.289. The first kappa shape index (κ1) is 19.9. The number of hydrogen-bond acceptors (Lipinski definition) is 7. The molecule has 10 heteroatoms. The van der Waals surface area contributed by atoms with E-state index in [0.29, 0.717) is 24.4 Å². The van der Waals surface area contributed by atoms with Crippen LogP contribution in [0.3, 0.4) is 0 Å². The minimum atomic E-state index is -0.622. The van der Waals surface area contributed by atoms with E-state index in [2.05, 4.69) is 16.4 Å².